The molecule has 2 heterocycles. The van der Waals surface area contributed by atoms with Gasteiger partial charge >= 0.3 is 0 Å². The molecule has 2 N–H and O–H groups in total. The van der Waals surface area contributed by atoms with Crippen LogP contribution in [0.2, 0.25) is 0 Å². The van der Waals surface area contributed by atoms with Gasteiger partial charge in [0.1, 0.15) is 5.82 Å². The van der Waals surface area contributed by atoms with Crippen molar-refractivity contribution in [3.8, 4) is 22.7 Å². The van der Waals surface area contributed by atoms with Crippen LogP contribution in [0.5, 0.6) is 0 Å². The Morgan fingerprint density at radius 2 is 1.93 bits per heavy atom. The third-order valence-corrected chi connectivity index (χ3v) is 3.89. The van der Waals surface area contributed by atoms with Gasteiger partial charge in [-0.15, -0.1) is 0 Å². The average Bonchev–Trinajstić information content (AvgIpc) is 3.36. The Kier molecular flexibility index (Phi) is 4.44. The van der Waals surface area contributed by atoms with E-state index in [1.54, 1.807) is 12.1 Å². The molecule has 1 amide bonds. The molecule has 0 radical (unpaired) electrons. The van der Waals surface area contributed by atoms with E-state index in [4.69, 9.17) is 4.52 Å². The third-order valence-electron chi connectivity index (χ3n) is 3.89. The highest BCUT2D eigenvalue weighted by atomic mass is 19.1. The molecule has 0 fully saturated rings. The van der Waals surface area contributed by atoms with Gasteiger partial charge < -0.3 is 9.84 Å². The summed E-state index contributed by atoms with van der Waals surface area (Å²) in [6.07, 6.45) is 1.39. The van der Waals surface area contributed by atoms with Gasteiger partial charge in [-0.05, 0) is 24.3 Å². The molecule has 134 valence electrons. The van der Waals surface area contributed by atoms with Gasteiger partial charge in [0, 0.05) is 11.1 Å². The molecule has 0 saturated carbocycles. The Morgan fingerprint density at radius 1 is 1.11 bits per heavy atom. The van der Waals surface area contributed by atoms with Crippen LogP contribution in [0.25, 0.3) is 22.7 Å². The number of aromatic amines is 1. The van der Waals surface area contributed by atoms with Crippen molar-refractivity contribution in [2.45, 2.75) is 6.54 Å². The minimum absolute atomic E-state index is 0.0862. The van der Waals surface area contributed by atoms with Gasteiger partial charge in [0.15, 0.2) is 5.82 Å². The number of H-pyrrole nitrogens is 1. The largest absolute Gasteiger partial charge is 0.344 e. The maximum atomic E-state index is 13.4. The Balaban J connectivity index is 1.47. The second-order valence-electron chi connectivity index (χ2n) is 5.73. The van der Waals surface area contributed by atoms with Crippen LogP contribution in [-0.4, -0.2) is 26.2 Å². The van der Waals surface area contributed by atoms with Crippen LogP contribution in [0.15, 0.2) is 65.3 Å². The van der Waals surface area contributed by atoms with Crippen molar-refractivity contribution < 1.29 is 13.7 Å². The van der Waals surface area contributed by atoms with Crippen LogP contribution in [0.1, 0.15) is 16.2 Å². The monoisotopic (exact) mass is 363 g/mol. The van der Waals surface area contributed by atoms with Crippen molar-refractivity contribution in [3.05, 3.63) is 78.0 Å². The summed E-state index contributed by atoms with van der Waals surface area (Å²) in [7, 11) is 0. The van der Waals surface area contributed by atoms with Gasteiger partial charge in [0.05, 0.1) is 24.0 Å². The van der Waals surface area contributed by atoms with Gasteiger partial charge in [-0.1, -0.05) is 35.5 Å². The lowest BCUT2D eigenvalue weighted by atomic mass is 10.1. The molecule has 0 aliphatic rings. The zero-order valence-electron chi connectivity index (χ0n) is 14.0. The lowest BCUT2D eigenvalue weighted by Crippen LogP contribution is -2.23. The Hall–Kier alpha value is -3.81. The maximum absolute atomic E-state index is 13.4. The number of amides is 1. The maximum Gasteiger partial charge on any atom is 0.257 e. The number of halogens is 1. The van der Waals surface area contributed by atoms with E-state index in [-0.39, 0.29) is 12.5 Å². The average molecular weight is 363 g/mol. The fraction of sp³-hybridized carbons (Fsp3) is 0.0526. The predicted molar refractivity (Wildman–Crippen MR) is 94.9 cm³/mol. The minimum atomic E-state index is -0.395. The smallest absolute Gasteiger partial charge is 0.257 e. The fourth-order valence-corrected chi connectivity index (χ4v) is 2.60. The highest BCUT2D eigenvalue weighted by Crippen LogP contribution is 2.22. The van der Waals surface area contributed by atoms with Crippen LogP contribution in [0.3, 0.4) is 0 Å². The number of nitrogens with one attached hydrogen (secondary N) is 2. The number of aromatic nitrogens is 4. The number of rotatable bonds is 5. The standard InChI is InChI=1S/C19H14FN5O2/c20-14-8-4-7-13(9-14)17-15(10-22-24-17)18(26)21-11-16-23-19(27-25-16)12-5-2-1-3-6-12/h1-10H,11H2,(H,21,26)(H,22,24). The van der Waals surface area contributed by atoms with Crippen molar-refractivity contribution in [1.29, 1.82) is 0 Å². The summed E-state index contributed by atoms with van der Waals surface area (Å²) in [6, 6.07) is 15.3. The van der Waals surface area contributed by atoms with E-state index >= 15 is 0 Å². The SMILES string of the molecule is O=C(NCc1noc(-c2ccccc2)n1)c1cn[nH]c1-c1cccc(F)c1. The van der Waals surface area contributed by atoms with E-state index in [0.717, 1.165) is 5.56 Å². The molecule has 0 aliphatic heterocycles. The summed E-state index contributed by atoms with van der Waals surface area (Å²) in [5.41, 5.74) is 2.06. The zero-order valence-corrected chi connectivity index (χ0v) is 14.0. The van der Waals surface area contributed by atoms with Crippen molar-refractivity contribution in [1.82, 2.24) is 25.7 Å². The molecule has 4 aromatic rings. The summed E-state index contributed by atoms with van der Waals surface area (Å²) < 4.78 is 18.6. The highest BCUT2D eigenvalue weighted by Gasteiger charge is 2.17. The number of hydrogen-bond donors (Lipinski definition) is 2. The molecule has 0 bridgehead atoms. The molecule has 2 aromatic heterocycles. The number of nitrogens with zero attached hydrogens (tertiary/aromatic N) is 3. The lowest BCUT2D eigenvalue weighted by molar-refractivity contribution is 0.0950. The molecule has 0 atom stereocenters. The molecular weight excluding hydrogens is 349 g/mol. The minimum Gasteiger partial charge on any atom is -0.344 e. The number of carbonyl (C=O) groups is 1. The van der Waals surface area contributed by atoms with Gasteiger partial charge in [-0.3, -0.25) is 9.89 Å². The van der Waals surface area contributed by atoms with Crippen molar-refractivity contribution in [2.75, 3.05) is 0 Å². The molecule has 2 aromatic carbocycles. The van der Waals surface area contributed by atoms with E-state index in [2.05, 4.69) is 25.7 Å². The molecular formula is C19H14FN5O2. The molecule has 4 rings (SSSR count). The van der Waals surface area contributed by atoms with Crippen LogP contribution in [0.4, 0.5) is 4.39 Å². The van der Waals surface area contributed by atoms with E-state index in [1.807, 2.05) is 30.3 Å². The van der Waals surface area contributed by atoms with E-state index in [1.165, 1.54) is 18.3 Å². The van der Waals surface area contributed by atoms with Crippen molar-refractivity contribution in [2.24, 2.45) is 0 Å². The molecule has 0 spiro atoms. The molecule has 27 heavy (non-hydrogen) atoms. The van der Waals surface area contributed by atoms with Crippen LogP contribution < -0.4 is 5.32 Å². The van der Waals surface area contributed by atoms with Gasteiger partial charge in [-0.2, -0.15) is 10.1 Å². The first kappa shape index (κ1) is 16.6. The van der Waals surface area contributed by atoms with Crippen molar-refractivity contribution >= 4 is 5.91 Å². The van der Waals surface area contributed by atoms with Gasteiger partial charge in [0.25, 0.3) is 11.8 Å². The zero-order chi connectivity index (χ0) is 18.6. The van der Waals surface area contributed by atoms with Crippen molar-refractivity contribution in [3.63, 3.8) is 0 Å². The first-order valence-electron chi connectivity index (χ1n) is 8.16. The summed E-state index contributed by atoms with van der Waals surface area (Å²) >= 11 is 0. The van der Waals surface area contributed by atoms with Gasteiger partial charge in [0.2, 0.25) is 0 Å². The predicted octanol–water partition coefficient (Wildman–Crippen LogP) is 3.20. The Morgan fingerprint density at radius 3 is 2.74 bits per heavy atom. The van der Waals surface area contributed by atoms with E-state index in [9.17, 15) is 9.18 Å². The summed E-state index contributed by atoms with van der Waals surface area (Å²) in [5, 5.41) is 13.2. The lowest BCUT2D eigenvalue weighted by Gasteiger charge is -2.04. The van der Waals surface area contributed by atoms with E-state index in [0.29, 0.717) is 28.5 Å². The van der Waals surface area contributed by atoms with Crippen LogP contribution >= 0.6 is 0 Å². The molecule has 8 heteroatoms. The highest BCUT2D eigenvalue weighted by molar-refractivity contribution is 5.99. The normalized spacial score (nSPS) is 10.7. The molecule has 7 nitrogen and oxygen atoms in total. The second kappa shape index (κ2) is 7.20. The second-order valence-corrected chi connectivity index (χ2v) is 5.73. The first-order chi connectivity index (χ1) is 13.2. The fourth-order valence-electron chi connectivity index (χ4n) is 2.60. The molecule has 0 aliphatic carbocycles. The quantitative estimate of drug-likeness (QED) is 0.568. The summed E-state index contributed by atoms with van der Waals surface area (Å²) in [4.78, 5) is 16.7. The Labute approximate surface area is 153 Å². The molecule has 0 saturated heterocycles. The van der Waals surface area contributed by atoms with Crippen LogP contribution in [-0.2, 0) is 6.54 Å². The van der Waals surface area contributed by atoms with E-state index < -0.39 is 5.82 Å². The topological polar surface area (TPSA) is 96.7 Å². The summed E-state index contributed by atoms with van der Waals surface area (Å²) in [6.45, 7) is 0.0862. The first-order valence-corrected chi connectivity index (χ1v) is 8.16. The Bertz CT molecular complexity index is 1070. The van der Waals surface area contributed by atoms with Gasteiger partial charge in [-0.25, -0.2) is 4.39 Å². The number of hydrogen-bond acceptors (Lipinski definition) is 5. The molecule has 0 unspecified atom stereocenters. The summed E-state index contributed by atoms with van der Waals surface area (Å²) in [5.74, 6) is -0.0515. The van der Waals surface area contributed by atoms with Crippen LogP contribution in [0, 0.1) is 5.82 Å². The number of carbonyl (C=O) groups excluding carboxylic acids is 1. The third kappa shape index (κ3) is 3.59. The number of benzene rings is 2.